The van der Waals surface area contributed by atoms with Gasteiger partial charge in [0.05, 0.1) is 12.2 Å². The topological polar surface area (TPSA) is 38.1 Å². The Labute approximate surface area is 144 Å². The molecule has 0 radical (unpaired) electrons. The van der Waals surface area contributed by atoms with Crippen molar-refractivity contribution in [3.05, 3.63) is 76.7 Å². The van der Waals surface area contributed by atoms with E-state index in [4.69, 9.17) is 4.42 Å². The standard InChI is InChI=1S/C17H15BrN2O.ClH/c18-14-6-4-13(5-7-14)17-9-8-16(21-17)12-19-11-15-3-1-2-10-20-15;/h1-10,19H,11-12H2;1H. The van der Waals surface area contributed by atoms with E-state index in [2.05, 4.69) is 26.2 Å². The summed E-state index contributed by atoms with van der Waals surface area (Å²) < 4.78 is 6.91. The van der Waals surface area contributed by atoms with Gasteiger partial charge in [-0.15, -0.1) is 12.4 Å². The molecule has 0 unspecified atom stereocenters. The second-order valence-corrected chi connectivity index (χ2v) is 5.61. The number of nitrogens with zero attached hydrogens (tertiary/aromatic N) is 1. The number of rotatable bonds is 5. The van der Waals surface area contributed by atoms with Crippen LogP contribution in [0, 0.1) is 0 Å². The molecule has 2 heterocycles. The van der Waals surface area contributed by atoms with Crippen LogP contribution in [0.2, 0.25) is 0 Å². The van der Waals surface area contributed by atoms with Crippen molar-refractivity contribution in [3.8, 4) is 11.3 Å². The van der Waals surface area contributed by atoms with E-state index in [9.17, 15) is 0 Å². The Balaban J connectivity index is 0.00000176. The number of benzene rings is 1. The fraction of sp³-hybridized carbons (Fsp3) is 0.118. The molecule has 0 saturated heterocycles. The molecule has 0 fully saturated rings. The Bertz CT molecular complexity index is 698. The maximum Gasteiger partial charge on any atom is 0.134 e. The van der Waals surface area contributed by atoms with Gasteiger partial charge < -0.3 is 9.73 Å². The van der Waals surface area contributed by atoms with Crippen LogP contribution in [-0.2, 0) is 13.1 Å². The average molecular weight is 380 g/mol. The summed E-state index contributed by atoms with van der Waals surface area (Å²) in [4.78, 5) is 4.27. The highest BCUT2D eigenvalue weighted by atomic mass is 79.9. The van der Waals surface area contributed by atoms with Crippen molar-refractivity contribution in [2.45, 2.75) is 13.1 Å². The molecule has 5 heteroatoms. The van der Waals surface area contributed by atoms with E-state index in [-0.39, 0.29) is 12.4 Å². The van der Waals surface area contributed by atoms with Gasteiger partial charge in [-0.1, -0.05) is 34.1 Å². The van der Waals surface area contributed by atoms with E-state index in [1.54, 1.807) is 6.20 Å². The van der Waals surface area contributed by atoms with Crippen LogP contribution in [0.4, 0.5) is 0 Å². The number of hydrogen-bond donors (Lipinski definition) is 1. The number of hydrogen-bond acceptors (Lipinski definition) is 3. The molecule has 0 amide bonds. The average Bonchev–Trinajstić information content (AvgIpc) is 2.98. The molecule has 3 nitrogen and oxygen atoms in total. The normalized spacial score (nSPS) is 10.2. The Kier molecular flexibility index (Phi) is 6.19. The van der Waals surface area contributed by atoms with E-state index in [1.165, 1.54) is 0 Å². The van der Waals surface area contributed by atoms with Gasteiger partial charge in [0.15, 0.2) is 0 Å². The highest BCUT2D eigenvalue weighted by Gasteiger charge is 2.04. The Morgan fingerprint density at radius 3 is 2.50 bits per heavy atom. The zero-order chi connectivity index (χ0) is 14.5. The first-order chi connectivity index (χ1) is 10.3. The third kappa shape index (κ3) is 4.44. The molecule has 1 aromatic carbocycles. The summed E-state index contributed by atoms with van der Waals surface area (Å²) in [7, 11) is 0. The quantitative estimate of drug-likeness (QED) is 0.691. The molecule has 3 rings (SSSR count). The highest BCUT2D eigenvalue weighted by Crippen LogP contribution is 2.23. The van der Waals surface area contributed by atoms with Crippen molar-refractivity contribution >= 4 is 28.3 Å². The summed E-state index contributed by atoms with van der Waals surface area (Å²) >= 11 is 3.43. The van der Waals surface area contributed by atoms with Gasteiger partial charge >= 0.3 is 0 Å². The van der Waals surface area contributed by atoms with E-state index < -0.39 is 0 Å². The minimum absolute atomic E-state index is 0. The summed E-state index contributed by atoms with van der Waals surface area (Å²) in [5, 5.41) is 3.33. The van der Waals surface area contributed by atoms with Crippen molar-refractivity contribution in [2.24, 2.45) is 0 Å². The van der Waals surface area contributed by atoms with Gasteiger partial charge in [0, 0.05) is 22.8 Å². The fourth-order valence-corrected chi connectivity index (χ4v) is 2.32. The summed E-state index contributed by atoms with van der Waals surface area (Å²) in [6, 6.07) is 18.0. The van der Waals surface area contributed by atoms with Gasteiger partial charge in [-0.05, 0) is 36.4 Å². The lowest BCUT2D eigenvalue weighted by molar-refractivity contribution is 0.492. The molecule has 3 aromatic rings. The fourth-order valence-electron chi connectivity index (χ4n) is 2.06. The molecule has 1 N–H and O–H groups in total. The Morgan fingerprint density at radius 1 is 0.955 bits per heavy atom. The van der Waals surface area contributed by atoms with Crippen LogP contribution in [0.15, 0.2) is 69.7 Å². The van der Waals surface area contributed by atoms with Crippen molar-refractivity contribution in [2.75, 3.05) is 0 Å². The lowest BCUT2D eigenvalue weighted by Crippen LogP contribution is -2.12. The first kappa shape index (κ1) is 16.7. The van der Waals surface area contributed by atoms with Gasteiger partial charge in [0.25, 0.3) is 0 Å². The Morgan fingerprint density at radius 2 is 1.77 bits per heavy atom. The van der Waals surface area contributed by atoms with E-state index >= 15 is 0 Å². The molecule has 22 heavy (non-hydrogen) atoms. The zero-order valence-electron chi connectivity index (χ0n) is 11.8. The first-order valence-electron chi connectivity index (χ1n) is 6.76. The second kappa shape index (κ2) is 8.13. The molecule has 0 spiro atoms. The molecule has 0 bridgehead atoms. The molecular weight excluding hydrogens is 364 g/mol. The maximum absolute atomic E-state index is 5.85. The maximum atomic E-state index is 5.85. The molecular formula is C17H16BrClN2O. The largest absolute Gasteiger partial charge is 0.460 e. The van der Waals surface area contributed by atoms with Gasteiger partial charge in [0.1, 0.15) is 11.5 Å². The molecule has 0 aliphatic carbocycles. The number of halogens is 2. The summed E-state index contributed by atoms with van der Waals surface area (Å²) in [6.45, 7) is 1.42. The highest BCUT2D eigenvalue weighted by molar-refractivity contribution is 9.10. The van der Waals surface area contributed by atoms with Gasteiger partial charge in [-0.2, -0.15) is 0 Å². The van der Waals surface area contributed by atoms with Crippen LogP contribution in [0.5, 0.6) is 0 Å². The second-order valence-electron chi connectivity index (χ2n) is 4.70. The first-order valence-corrected chi connectivity index (χ1v) is 7.56. The van der Waals surface area contributed by atoms with Gasteiger partial charge in [0.2, 0.25) is 0 Å². The third-order valence-electron chi connectivity index (χ3n) is 3.12. The lowest BCUT2D eigenvalue weighted by atomic mass is 10.2. The Hall–Kier alpha value is -1.62. The van der Waals surface area contributed by atoms with Crippen LogP contribution in [0.25, 0.3) is 11.3 Å². The third-order valence-corrected chi connectivity index (χ3v) is 3.65. The molecule has 114 valence electrons. The van der Waals surface area contributed by atoms with Crippen LogP contribution < -0.4 is 5.32 Å². The number of pyridine rings is 1. The van der Waals surface area contributed by atoms with Crippen LogP contribution in [0.1, 0.15) is 11.5 Å². The molecule has 0 aliphatic heterocycles. The van der Waals surface area contributed by atoms with Crippen molar-refractivity contribution in [3.63, 3.8) is 0 Å². The number of furan rings is 1. The van der Waals surface area contributed by atoms with Crippen LogP contribution >= 0.6 is 28.3 Å². The van der Waals surface area contributed by atoms with Gasteiger partial charge in [-0.3, -0.25) is 4.98 Å². The van der Waals surface area contributed by atoms with Crippen molar-refractivity contribution in [1.29, 1.82) is 0 Å². The lowest BCUT2D eigenvalue weighted by Gasteiger charge is -2.02. The summed E-state index contributed by atoms with van der Waals surface area (Å²) in [5.41, 5.74) is 2.10. The van der Waals surface area contributed by atoms with Crippen LogP contribution in [0.3, 0.4) is 0 Å². The molecule has 0 saturated carbocycles. The van der Waals surface area contributed by atoms with Crippen molar-refractivity contribution in [1.82, 2.24) is 10.3 Å². The monoisotopic (exact) mass is 378 g/mol. The van der Waals surface area contributed by atoms with E-state index in [0.717, 1.165) is 33.8 Å². The predicted octanol–water partition coefficient (Wildman–Crippen LogP) is 4.82. The zero-order valence-corrected chi connectivity index (χ0v) is 14.2. The van der Waals surface area contributed by atoms with E-state index in [0.29, 0.717) is 6.54 Å². The smallest absolute Gasteiger partial charge is 0.134 e. The van der Waals surface area contributed by atoms with E-state index in [1.807, 2.05) is 54.6 Å². The summed E-state index contributed by atoms with van der Waals surface area (Å²) in [6.07, 6.45) is 1.80. The minimum Gasteiger partial charge on any atom is -0.460 e. The van der Waals surface area contributed by atoms with Crippen molar-refractivity contribution < 1.29 is 4.42 Å². The van der Waals surface area contributed by atoms with Gasteiger partial charge in [-0.25, -0.2) is 0 Å². The van der Waals surface area contributed by atoms with Crippen LogP contribution in [-0.4, -0.2) is 4.98 Å². The SMILES string of the molecule is Brc1ccc(-c2ccc(CNCc3ccccn3)o2)cc1.Cl. The minimum atomic E-state index is 0. The molecule has 2 aromatic heterocycles. The molecule has 0 atom stereocenters. The number of nitrogens with one attached hydrogen (secondary N) is 1. The number of aromatic nitrogens is 1. The molecule has 0 aliphatic rings. The predicted molar refractivity (Wildman–Crippen MR) is 93.9 cm³/mol. The summed E-state index contributed by atoms with van der Waals surface area (Å²) in [5.74, 6) is 1.81.